The second-order valence-electron chi connectivity index (χ2n) is 7.01. The molecule has 0 aliphatic rings. The molecule has 1 heterocycles. The van der Waals surface area contributed by atoms with E-state index in [1.807, 2.05) is 0 Å². The minimum Gasteiger partial charge on any atom is -0.465 e. The van der Waals surface area contributed by atoms with Gasteiger partial charge in [-0.15, -0.1) is 0 Å². The molecule has 0 aliphatic heterocycles. The molecule has 0 saturated carbocycles. The Morgan fingerprint density at radius 3 is 2.28 bits per heavy atom. The van der Waals surface area contributed by atoms with Gasteiger partial charge in [-0.3, -0.25) is 15.1 Å². The van der Waals surface area contributed by atoms with E-state index in [-0.39, 0.29) is 33.6 Å². The third kappa shape index (κ3) is 4.57. The lowest BCUT2D eigenvalue weighted by molar-refractivity contribution is -0.384. The number of carbonyl (C=O) groups excluding carboxylic acids is 2. The maximum absolute atomic E-state index is 13.0. The Bertz CT molecular complexity index is 983. The van der Waals surface area contributed by atoms with E-state index in [1.165, 1.54) is 39.2 Å². The van der Waals surface area contributed by atoms with Crippen LogP contribution < -0.4 is 0 Å². The smallest absolute Gasteiger partial charge is 0.341 e. The molecule has 2 aromatic rings. The van der Waals surface area contributed by atoms with E-state index < -0.39 is 29.1 Å². The fraction of sp³-hybridized carbons (Fsp3) is 0.350. The Morgan fingerprint density at radius 2 is 1.76 bits per heavy atom. The van der Waals surface area contributed by atoms with E-state index in [0.29, 0.717) is 5.69 Å². The summed E-state index contributed by atoms with van der Waals surface area (Å²) in [5.74, 6) is -1.56. The molecule has 0 amide bonds. The highest BCUT2D eigenvalue weighted by molar-refractivity contribution is 6.07. The number of hydrogen-bond donors (Lipinski definition) is 1. The van der Waals surface area contributed by atoms with Crippen LogP contribution in [0.4, 0.5) is 5.69 Å². The van der Waals surface area contributed by atoms with Gasteiger partial charge in [-0.1, -0.05) is 12.1 Å². The van der Waals surface area contributed by atoms with Gasteiger partial charge in [-0.25, -0.2) is 9.59 Å². The number of nitrogens with zero attached hydrogens (tertiary/aromatic N) is 2. The molecule has 9 heteroatoms. The number of esters is 2. The van der Waals surface area contributed by atoms with Crippen LogP contribution in [-0.2, 0) is 9.47 Å². The number of ether oxygens (including phenoxy) is 2. The summed E-state index contributed by atoms with van der Waals surface area (Å²) in [5.41, 5.74) is -0.443. The third-order valence-corrected chi connectivity index (χ3v) is 4.25. The molecule has 0 aliphatic carbocycles. The highest BCUT2D eigenvalue weighted by atomic mass is 16.6. The predicted octanol–water partition coefficient (Wildman–Crippen LogP) is 2.99. The molecule has 0 saturated heterocycles. The number of non-ortho nitro benzene ring substituents is 1. The van der Waals surface area contributed by atoms with Crippen molar-refractivity contribution >= 4 is 17.6 Å². The molecule has 1 N–H and O–H groups in total. The summed E-state index contributed by atoms with van der Waals surface area (Å²) >= 11 is 0. The van der Waals surface area contributed by atoms with Crippen LogP contribution in [0, 0.1) is 24.0 Å². The monoisotopic (exact) mass is 402 g/mol. The van der Waals surface area contributed by atoms with Crippen molar-refractivity contribution in [3.05, 3.63) is 56.9 Å². The van der Waals surface area contributed by atoms with Gasteiger partial charge in [0.1, 0.15) is 5.60 Å². The van der Waals surface area contributed by atoms with Crippen LogP contribution in [0.3, 0.4) is 0 Å². The van der Waals surface area contributed by atoms with Gasteiger partial charge >= 0.3 is 11.9 Å². The van der Waals surface area contributed by atoms with Crippen molar-refractivity contribution in [1.29, 1.82) is 0 Å². The quantitative estimate of drug-likeness (QED) is 0.443. The Balaban J connectivity index is 2.87. The minimum absolute atomic E-state index is 0.00681. The zero-order valence-corrected chi connectivity index (χ0v) is 16.8. The summed E-state index contributed by atoms with van der Waals surface area (Å²) in [6, 6.07) is 5.55. The maximum atomic E-state index is 13.0. The molecule has 0 fully saturated rings. The molecule has 29 heavy (non-hydrogen) atoms. The van der Waals surface area contributed by atoms with Crippen molar-refractivity contribution in [2.24, 2.45) is 0 Å². The van der Waals surface area contributed by atoms with Gasteiger partial charge in [-0.05, 0) is 33.3 Å². The molecule has 0 radical (unpaired) electrons. The van der Waals surface area contributed by atoms with Gasteiger partial charge in [0, 0.05) is 17.7 Å². The standard InChI is InChI=1S/C20H22N2O7/c1-11-15(18(24)28-5)17(13-7-6-8-14(9-13)22(26)27)16(12(2)21-11)19(25)29-20(3,4)10-23/h6-9,23H,10H2,1-5H3. The molecule has 0 unspecified atom stereocenters. The number of nitro groups is 1. The van der Waals surface area contributed by atoms with Crippen molar-refractivity contribution < 1.29 is 29.1 Å². The van der Waals surface area contributed by atoms with E-state index in [2.05, 4.69) is 4.98 Å². The van der Waals surface area contributed by atoms with Gasteiger partial charge in [0.2, 0.25) is 0 Å². The Kier molecular flexibility index (Phi) is 6.33. The molecule has 1 aromatic carbocycles. The number of methoxy groups -OCH3 is 1. The van der Waals surface area contributed by atoms with Crippen molar-refractivity contribution in [2.45, 2.75) is 33.3 Å². The van der Waals surface area contributed by atoms with Gasteiger partial charge in [0.05, 0.1) is 41.2 Å². The SMILES string of the molecule is COC(=O)c1c(C)nc(C)c(C(=O)OC(C)(C)CO)c1-c1cccc([N+](=O)[O-])c1. The van der Waals surface area contributed by atoms with Crippen LogP contribution in [0.15, 0.2) is 24.3 Å². The van der Waals surface area contributed by atoms with Crippen molar-refractivity contribution in [3.8, 4) is 11.1 Å². The Hall–Kier alpha value is -3.33. The zero-order valence-electron chi connectivity index (χ0n) is 16.8. The first kappa shape index (κ1) is 22.0. The number of hydrogen-bond acceptors (Lipinski definition) is 8. The summed E-state index contributed by atoms with van der Waals surface area (Å²) in [4.78, 5) is 40.4. The first-order valence-electron chi connectivity index (χ1n) is 8.71. The highest BCUT2D eigenvalue weighted by Crippen LogP contribution is 2.34. The highest BCUT2D eigenvalue weighted by Gasteiger charge is 2.31. The molecule has 0 bridgehead atoms. The number of pyridine rings is 1. The summed E-state index contributed by atoms with van der Waals surface area (Å²) in [6.07, 6.45) is 0. The number of nitro benzene ring substituents is 1. The first-order valence-corrected chi connectivity index (χ1v) is 8.71. The normalized spacial score (nSPS) is 11.1. The van der Waals surface area contributed by atoms with Crippen molar-refractivity contribution in [2.75, 3.05) is 13.7 Å². The topological polar surface area (TPSA) is 129 Å². The van der Waals surface area contributed by atoms with Crippen LogP contribution in [-0.4, -0.2) is 46.3 Å². The predicted molar refractivity (Wildman–Crippen MR) is 104 cm³/mol. The van der Waals surface area contributed by atoms with E-state index in [1.54, 1.807) is 19.9 Å². The molecule has 2 rings (SSSR count). The summed E-state index contributed by atoms with van der Waals surface area (Å²) in [5, 5.41) is 20.6. The molecule has 9 nitrogen and oxygen atoms in total. The molecule has 1 aromatic heterocycles. The lowest BCUT2D eigenvalue weighted by Gasteiger charge is -2.24. The average molecular weight is 402 g/mol. The number of benzene rings is 1. The molecular weight excluding hydrogens is 380 g/mol. The largest absolute Gasteiger partial charge is 0.465 e. The number of carbonyl (C=O) groups is 2. The van der Waals surface area contributed by atoms with E-state index in [4.69, 9.17) is 9.47 Å². The maximum Gasteiger partial charge on any atom is 0.341 e. The van der Waals surface area contributed by atoms with Crippen LogP contribution in [0.25, 0.3) is 11.1 Å². The third-order valence-electron chi connectivity index (χ3n) is 4.25. The lowest BCUT2D eigenvalue weighted by Crippen LogP contribution is -2.33. The number of rotatable bonds is 6. The Morgan fingerprint density at radius 1 is 1.17 bits per heavy atom. The van der Waals surface area contributed by atoms with Crippen LogP contribution in [0.1, 0.15) is 46.0 Å². The van der Waals surface area contributed by atoms with Crippen LogP contribution in [0.5, 0.6) is 0 Å². The molecule has 154 valence electrons. The second-order valence-corrected chi connectivity index (χ2v) is 7.01. The fourth-order valence-electron chi connectivity index (χ4n) is 2.85. The first-order chi connectivity index (χ1) is 13.5. The van der Waals surface area contributed by atoms with Gasteiger partial charge < -0.3 is 14.6 Å². The summed E-state index contributed by atoms with van der Waals surface area (Å²) in [6.45, 7) is 5.77. The lowest BCUT2D eigenvalue weighted by atomic mass is 9.92. The number of aromatic nitrogens is 1. The minimum atomic E-state index is -1.18. The fourth-order valence-corrected chi connectivity index (χ4v) is 2.85. The van der Waals surface area contributed by atoms with Gasteiger partial charge in [0.25, 0.3) is 5.69 Å². The summed E-state index contributed by atoms with van der Waals surface area (Å²) < 4.78 is 10.2. The second kappa shape index (κ2) is 8.36. The number of aliphatic hydroxyl groups excluding tert-OH is 1. The Labute approximate surface area is 167 Å². The van der Waals surface area contributed by atoms with E-state index in [9.17, 15) is 24.8 Å². The van der Waals surface area contributed by atoms with Crippen LogP contribution >= 0.6 is 0 Å². The number of aliphatic hydroxyl groups is 1. The van der Waals surface area contributed by atoms with Crippen molar-refractivity contribution in [3.63, 3.8) is 0 Å². The molecule has 0 spiro atoms. The van der Waals surface area contributed by atoms with Crippen molar-refractivity contribution in [1.82, 2.24) is 4.98 Å². The van der Waals surface area contributed by atoms with Crippen LogP contribution in [0.2, 0.25) is 0 Å². The molecular formula is C20H22N2O7. The van der Waals surface area contributed by atoms with E-state index >= 15 is 0 Å². The van der Waals surface area contributed by atoms with E-state index in [0.717, 1.165) is 0 Å². The molecule has 0 atom stereocenters. The number of aryl methyl sites for hydroxylation is 2. The zero-order chi connectivity index (χ0) is 21.9. The van der Waals surface area contributed by atoms with Gasteiger partial charge in [0.15, 0.2) is 0 Å². The summed E-state index contributed by atoms with van der Waals surface area (Å²) in [7, 11) is 1.19. The average Bonchev–Trinajstić information content (AvgIpc) is 2.66. The van der Waals surface area contributed by atoms with Gasteiger partial charge in [-0.2, -0.15) is 0 Å².